The van der Waals surface area contributed by atoms with Gasteiger partial charge in [-0.2, -0.15) is 4.98 Å². The van der Waals surface area contributed by atoms with Crippen molar-refractivity contribution in [3.63, 3.8) is 0 Å². The van der Waals surface area contributed by atoms with E-state index in [1.54, 1.807) is 0 Å². The molecule has 0 unspecified atom stereocenters. The minimum Gasteiger partial charge on any atom is -0.352 e. The van der Waals surface area contributed by atoms with E-state index < -0.39 is 11.6 Å². The maximum absolute atomic E-state index is 13.9. The zero-order valence-electron chi connectivity index (χ0n) is 14.7. The molecule has 0 bridgehead atoms. The third kappa shape index (κ3) is 4.14. The maximum atomic E-state index is 13.9. The first-order valence-electron chi connectivity index (χ1n) is 8.42. The van der Waals surface area contributed by atoms with E-state index >= 15 is 0 Å². The van der Waals surface area contributed by atoms with E-state index in [9.17, 15) is 8.78 Å². The molecule has 1 aromatic heterocycles. The van der Waals surface area contributed by atoms with E-state index in [2.05, 4.69) is 20.2 Å². The predicted molar refractivity (Wildman–Crippen MR) is 99.6 cm³/mol. The van der Waals surface area contributed by atoms with Crippen LogP contribution in [0.15, 0.2) is 54.6 Å². The van der Waals surface area contributed by atoms with Gasteiger partial charge >= 0.3 is 0 Å². The molecule has 3 rings (SSSR count). The van der Waals surface area contributed by atoms with E-state index in [-0.39, 0.29) is 11.6 Å². The number of hydrogen-bond donors (Lipinski definition) is 1. The van der Waals surface area contributed by atoms with Crippen LogP contribution in [-0.2, 0) is 6.54 Å². The molecule has 26 heavy (non-hydrogen) atoms. The summed E-state index contributed by atoms with van der Waals surface area (Å²) in [6.07, 6.45) is 0. The highest BCUT2D eigenvalue weighted by Gasteiger charge is 2.13. The van der Waals surface area contributed by atoms with Gasteiger partial charge in [-0.15, -0.1) is 0 Å². The van der Waals surface area contributed by atoms with Gasteiger partial charge in [0, 0.05) is 24.8 Å². The average Bonchev–Trinajstić information content (AvgIpc) is 2.63. The first-order valence-corrected chi connectivity index (χ1v) is 8.42. The summed E-state index contributed by atoms with van der Waals surface area (Å²) in [7, 11) is 0. The Morgan fingerprint density at radius 1 is 0.962 bits per heavy atom. The zero-order valence-corrected chi connectivity index (χ0v) is 14.7. The van der Waals surface area contributed by atoms with Crippen LogP contribution < -0.4 is 10.2 Å². The van der Waals surface area contributed by atoms with E-state index in [1.165, 1.54) is 18.2 Å². The summed E-state index contributed by atoms with van der Waals surface area (Å²) in [6, 6.07) is 15.6. The van der Waals surface area contributed by atoms with Gasteiger partial charge in [0.1, 0.15) is 23.1 Å². The largest absolute Gasteiger partial charge is 0.352 e. The molecule has 0 fully saturated rings. The highest BCUT2D eigenvalue weighted by atomic mass is 19.1. The fourth-order valence-electron chi connectivity index (χ4n) is 2.66. The van der Waals surface area contributed by atoms with Crippen molar-refractivity contribution >= 4 is 17.5 Å². The lowest BCUT2D eigenvalue weighted by Crippen LogP contribution is -2.23. The number of hydrogen-bond acceptors (Lipinski definition) is 4. The van der Waals surface area contributed by atoms with E-state index in [0.29, 0.717) is 18.1 Å². The number of nitrogens with zero attached hydrogens (tertiary/aromatic N) is 3. The lowest BCUT2D eigenvalue weighted by atomic mass is 10.2. The van der Waals surface area contributed by atoms with Crippen LogP contribution in [0.25, 0.3) is 0 Å². The van der Waals surface area contributed by atoms with Gasteiger partial charge in [0.25, 0.3) is 0 Å². The zero-order chi connectivity index (χ0) is 18.5. The molecule has 1 N–H and O–H groups in total. The van der Waals surface area contributed by atoms with Gasteiger partial charge in [-0.1, -0.05) is 36.4 Å². The van der Waals surface area contributed by atoms with E-state index in [4.69, 9.17) is 0 Å². The van der Waals surface area contributed by atoms with Gasteiger partial charge in [0.2, 0.25) is 5.95 Å². The molecular formula is C20H20F2N4. The molecule has 134 valence electrons. The second-order valence-electron chi connectivity index (χ2n) is 5.91. The highest BCUT2D eigenvalue weighted by molar-refractivity contribution is 5.57. The van der Waals surface area contributed by atoms with Crippen LogP contribution in [0.1, 0.15) is 18.2 Å². The molecule has 3 aromatic rings. The van der Waals surface area contributed by atoms with Crippen molar-refractivity contribution in [2.24, 2.45) is 0 Å². The average molecular weight is 354 g/mol. The van der Waals surface area contributed by atoms with Gasteiger partial charge in [0.15, 0.2) is 0 Å². The monoisotopic (exact) mass is 354 g/mol. The van der Waals surface area contributed by atoms with Crippen LogP contribution >= 0.6 is 0 Å². The number of rotatable bonds is 6. The molecule has 6 heteroatoms. The summed E-state index contributed by atoms with van der Waals surface area (Å²) >= 11 is 0. The minimum absolute atomic E-state index is 0.163. The summed E-state index contributed by atoms with van der Waals surface area (Å²) in [5.41, 5.74) is 1.61. The second-order valence-corrected chi connectivity index (χ2v) is 5.91. The van der Waals surface area contributed by atoms with Gasteiger partial charge in [-0.25, -0.2) is 13.8 Å². The van der Waals surface area contributed by atoms with Gasteiger partial charge in [-0.05, 0) is 31.5 Å². The Morgan fingerprint density at radius 2 is 1.65 bits per heavy atom. The maximum Gasteiger partial charge on any atom is 0.229 e. The van der Waals surface area contributed by atoms with E-state index in [1.807, 2.05) is 50.2 Å². The van der Waals surface area contributed by atoms with Gasteiger partial charge < -0.3 is 10.2 Å². The smallest absolute Gasteiger partial charge is 0.229 e. The number of benzene rings is 2. The lowest BCUT2D eigenvalue weighted by molar-refractivity contribution is 0.590. The second kappa shape index (κ2) is 7.91. The molecule has 0 radical (unpaired) electrons. The van der Waals surface area contributed by atoms with Crippen LogP contribution in [0.5, 0.6) is 0 Å². The van der Waals surface area contributed by atoms with Crippen molar-refractivity contribution in [2.45, 2.75) is 20.4 Å². The summed E-state index contributed by atoms with van der Waals surface area (Å²) in [5.74, 6) is -0.514. The summed E-state index contributed by atoms with van der Waals surface area (Å²) < 4.78 is 27.8. The molecule has 0 amide bonds. The van der Waals surface area contributed by atoms with Crippen molar-refractivity contribution in [3.8, 4) is 0 Å². The topological polar surface area (TPSA) is 41.1 Å². The Balaban J connectivity index is 1.89. The van der Waals surface area contributed by atoms with Crippen LogP contribution in [-0.4, -0.2) is 16.5 Å². The summed E-state index contributed by atoms with van der Waals surface area (Å²) in [5, 5.41) is 2.67. The molecule has 0 saturated carbocycles. The Bertz CT molecular complexity index is 864. The molecule has 2 aromatic carbocycles. The molecule has 1 heterocycles. The van der Waals surface area contributed by atoms with Crippen LogP contribution in [0, 0.1) is 18.6 Å². The summed E-state index contributed by atoms with van der Waals surface area (Å²) in [6.45, 7) is 5.27. The van der Waals surface area contributed by atoms with Crippen molar-refractivity contribution in [1.82, 2.24) is 9.97 Å². The number of halogens is 2. The fraction of sp³-hybridized carbons (Fsp3) is 0.200. The van der Waals surface area contributed by atoms with Gasteiger partial charge in [-0.3, -0.25) is 0 Å². The normalized spacial score (nSPS) is 10.6. The number of nitrogens with one attached hydrogen (secondary N) is 1. The molecule has 0 spiro atoms. The Kier molecular flexibility index (Phi) is 5.41. The summed E-state index contributed by atoms with van der Waals surface area (Å²) in [4.78, 5) is 10.8. The fourth-order valence-corrected chi connectivity index (χ4v) is 2.66. The molecule has 4 nitrogen and oxygen atoms in total. The highest BCUT2D eigenvalue weighted by Crippen LogP contribution is 2.23. The molecule has 0 atom stereocenters. The SMILES string of the molecule is CCN(Cc1ccccc1)c1cc(C)nc(Nc2c(F)cccc2F)n1. The number of anilines is 3. The van der Waals surface area contributed by atoms with Crippen molar-refractivity contribution in [3.05, 3.63) is 77.5 Å². The lowest BCUT2D eigenvalue weighted by Gasteiger charge is -2.23. The third-order valence-corrected chi connectivity index (χ3v) is 3.96. The molecular weight excluding hydrogens is 334 g/mol. The van der Waals surface area contributed by atoms with Gasteiger partial charge in [0.05, 0.1) is 0 Å². The number of para-hydroxylation sites is 1. The molecule has 0 aliphatic rings. The van der Waals surface area contributed by atoms with Crippen LogP contribution in [0.4, 0.5) is 26.2 Å². The quantitative estimate of drug-likeness (QED) is 0.688. The standard InChI is InChI=1S/C20H20F2N4/c1-3-26(13-15-8-5-4-6-9-15)18-12-14(2)23-20(24-18)25-19-16(21)10-7-11-17(19)22/h4-12H,3,13H2,1-2H3,(H,23,24,25). The van der Waals surface area contributed by atoms with Crippen molar-refractivity contribution in [2.75, 3.05) is 16.8 Å². The third-order valence-electron chi connectivity index (χ3n) is 3.96. The first kappa shape index (κ1) is 17.8. The van der Waals surface area contributed by atoms with Crippen LogP contribution in [0.3, 0.4) is 0 Å². The Hall–Kier alpha value is -3.02. The minimum atomic E-state index is -0.687. The predicted octanol–water partition coefficient (Wildman–Crippen LogP) is 4.83. The van der Waals surface area contributed by atoms with Crippen molar-refractivity contribution < 1.29 is 8.78 Å². The number of aromatic nitrogens is 2. The first-order chi connectivity index (χ1) is 12.6. The van der Waals surface area contributed by atoms with Crippen LogP contribution in [0.2, 0.25) is 0 Å². The number of aryl methyl sites for hydroxylation is 1. The Morgan fingerprint density at radius 3 is 2.31 bits per heavy atom. The Labute approximate surface area is 151 Å². The van der Waals surface area contributed by atoms with Crippen molar-refractivity contribution in [1.29, 1.82) is 0 Å². The molecule has 0 aliphatic heterocycles. The molecule has 0 saturated heterocycles. The van der Waals surface area contributed by atoms with E-state index in [0.717, 1.165) is 12.1 Å². The molecule has 0 aliphatic carbocycles.